The fourth-order valence-corrected chi connectivity index (χ4v) is 1.23. The number of carbonyl (C=O) groups is 1. The number of hydrogen-bond acceptors (Lipinski definition) is 2. The number of alkyl halides is 1. The SMILES string of the molecule is CC(C)(CBr)CNC(=O)c1ccc(Cl)o1. The zero-order valence-corrected chi connectivity index (χ0v) is 11.0. The van der Waals surface area contributed by atoms with Crippen LogP contribution in [0.3, 0.4) is 0 Å². The first-order chi connectivity index (χ1) is 6.94. The van der Waals surface area contributed by atoms with Gasteiger partial charge in [0.25, 0.3) is 5.91 Å². The van der Waals surface area contributed by atoms with Gasteiger partial charge in [-0.3, -0.25) is 4.79 Å². The van der Waals surface area contributed by atoms with Gasteiger partial charge in [0.1, 0.15) is 0 Å². The Hall–Kier alpha value is -0.480. The van der Waals surface area contributed by atoms with Crippen LogP contribution in [0.2, 0.25) is 5.22 Å². The molecule has 0 fully saturated rings. The van der Waals surface area contributed by atoms with E-state index >= 15 is 0 Å². The van der Waals surface area contributed by atoms with Gasteiger partial charge in [-0.15, -0.1) is 0 Å². The van der Waals surface area contributed by atoms with Crippen LogP contribution in [0, 0.1) is 5.41 Å². The van der Waals surface area contributed by atoms with Crippen molar-refractivity contribution in [3.63, 3.8) is 0 Å². The van der Waals surface area contributed by atoms with Crippen LogP contribution >= 0.6 is 27.5 Å². The van der Waals surface area contributed by atoms with Crippen LogP contribution in [0.15, 0.2) is 16.5 Å². The van der Waals surface area contributed by atoms with Crippen molar-refractivity contribution in [2.45, 2.75) is 13.8 Å². The van der Waals surface area contributed by atoms with Gasteiger partial charge in [0, 0.05) is 11.9 Å². The second kappa shape index (κ2) is 5.03. The van der Waals surface area contributed by atoms with E-state index in [-0.39, 0.29) is 22.3 Å². The summed E-state index contributed by atoms with van der Waals surface area (Å²) in [5, 5.41) is 3.82. The summed E-state index contributed by atoms with van der Waals surface area (Å²) in [6.07, 6.45) is 0. The molecule has 3 nitrogen and oxygen atoms in total. The zero-order valence-electron chi connectivity index (χ0n) is 8.64. The Labute approximate surface area is 102 Å². The van der Waals surface area contributed by atoms with Gasteiger partial charge in [0.15, 0.2) is 11.0 Å². The van der Waals surface area contributed by atoms with Crippen LogP contribution in [0.25, 0.3) is 0 Å². The number of amides is 1. The third-order valence-electron chi connectivity index (χ3n) is 1.89. The average Bonchev–Trinajstić information content (AvgIpc) is 2.61. The van der Waals surface area contributed by atoms with Gasteiger partial charge in [0.05, 0.1) is 0 Å². The molecule has 1 heterocycles. The third-order valence-corrected chi connectivity index (χ3v) is 3.61. The highest BCUT2D eigenvalue weighted by Gasteiger charge is 2.18. The van der Waals surface area contributed by atoms with Crippen LogP contribution in [0.5, 0.6) is 0 Å². The molecule has 1 aromatic rings. The molecule has 1 rings (SSSR count). The van der Waals surface area contributed by atoms with Crippen molar-refractivity contribution in [1.82, 2.24) is 5.32 Å². The van der Waals surface area contributed by atoms with E-state index in [0.717, 1.165) is 5.33 Å². The maximum atomic E-state index is 11.5. The second-order valence-electron chi connectivity index (χ2n) is 4.08. The van der Waals surface area contributed by atoms with Crippen molar-refractivity contribution < 1.29 is 9.21 Å². The van der Waals surface area contributed by atoms with Gasteiger partial charge < -0.3 is 9.73 Å². The van der Waals surface area contributed by atoms with Gasteiger partial charge in [-0.2, -0.15) is 0 Å². The van der Waals surface area contributed by atoms with Gasteiger partial charge >= 0.3 is 0 Å². The summed E-state index contributed by atoms with van der Waals surface area (Å²) in [7, 11) is 0. The zero-order chi connectivity index (χ0) is 11.5. The van der Waals surface area contributed by atoms with E-state index in [9.17, 15) is 4.79 Å². The number of furan rings is 1. The lowest BCUT2D eigenvalue weighted by atomic mass is 9.97. The van der Waals surface area contributed by atoms with Gasteiger partial charge in [-0.1, -0.05) is 29.8 Å². The molecule has 1 N–H and O–H groups in total. The maximum Gasteiger partial charge on any atom is 0.287 e. The summed E-state index contributed by atoms with van der Waals surface area (Å²) < 4.78 is 4.99. The highest BCUT2D eigenvalue weighted by molar-refractivity contribution is 9.09. The Morgan fingerprint density at radius 2 is 2.27 bits per heavy atom. The Morgan fingerprint density at radius 1 is 1.60 bits per heavy atom. The van der Waals surface area contributed by atoms with Gasteiger partial charge in [-0.05, 0) is 29.1 Å². The van der Waals surface area contributed by atoms with E-state index in [0.29, 0.717) is 6.54 Å². The summed E-state index contributed by atoms with van der Waals surface area (Å²) in [4.78, 5) is 11.5. The van der Waals surface area contributed by atoms with Crippen molar-refractivity contribution in [3.8, 4) is 0 Å². The number of rotatable bonds is 4. The molecule has 0 saturated heterocycles. The maximum absolute atomic E-state index is 11.5. The standard InChI is InChI=1S/C10H13BrClNO2/c1-10(2,5-11)6-13-9(14)7-3-4-8(12)15-7/h3-4H,5-6H2,1-2H3,(H,13,14). The quantitative estimate of drug-likeness (QED) is 0.867. The molecule has 0 saturated carbocycles. The minimum absolute atomic E-state index is 0.0199. The molecule has 0 aliphatic carbocycles. The molecule has 5 heteroatoms. The van der Waals surface area contributed by atoms with Crippen LogP contribution < -0.4 is 5.32 Å². The van der Waals surface area contributed by atoms with Crippen molar-refractivity contribution in [2.24, 2.45) is 5.41 Å². The third kappa shape index (κ3) is 3.87. The van der Waals surface area contributed by atoms with Crippen LogP contribution in [-0.2, 0) is 0 Å². The summed E-state index contributed by atoms with van der Waals surface area (Å²) in [5.41, 5.74) is 0.0199. The molecule has 0 radical (unpaired) electrons. The smallest absolute Gasteiger partial charge is 0.287 e. The topological polar surface area (TPSA) is 42.2 Å². The summed E-state index contributed by atoms with van der Waals surface area (Å²) in [6, 6.07) is 3.10. The number of nitrogens with one attached hydrogen (secondary N) is 1. The Kier molecular flexibility index (Phi) is 4.22. The van der Waals surface area contributed by atoms with E-state index in [2.05, 4.69) is 35.1 Å². The predicted octanol–water partition coefficient (Wildman–Crippen LogP) is 3.08. The van der Waals surface area contributed by atoms with Crippen molar-refractivity contribution in [1.29, 1.82) is 0 Å². The lowest BCUT2D eigenvalue weighted by molar-refractivity contribution is 0.0912. The first kappa shape index (κ1) is 12.6. The van der Waals surface area contributed by atoms with Crippen LogP contribution in [0.4, 0.5) is 0 Å². The van der Waals surface area contributed by atoms with Gasteiger partial charge in [-0.25, -0.2) is 0 Å². The largest absolute Gasteiger partial charge is 0.440 e. The fraction of sp³-hybridized carbons (Fsp3) is 0.500. The molecule has 1 aromatic heterocycles. The molecule has 0 bridgehead atoms. The Balaban J connectivity index is 2.50. The summed E-state index contributed by atoms with van der Waals surface area (Å²) >= 11 is 8.95. The molecular formula is C10H13BrClNO2. The fourth-order valence-electron chi connectivity index (χ4n) is 0.890. The Morgan fingerprint density at radius 3 is 2.73 bits per heavy atom. The lowest BCUT2D eigenvalue weighted by Gasteiger charge is -2.21. The first-order valence-corrected chi connectivity index (χ1v) is 6.04. The van der Waals surface area contributed by atoms with E-state index in [4.69, 9.17) is 16.0 Å². The van der Waals surface area contributed by atoms with Crippen molar-refractivity contribution in [3.05, 3.63) is 23.1 Å². The summed E-state index contributed by atoms with van der Waals surface area (Å²) in [6.45, 7) is 4.68. The molecule has 0 aliphatic rings. The second-order valence-corrected chi connectivity index (χ2v) is 5.02. The lowest BCUT2D eigenvalue weighted by Crippen LogP contribution is -2.34. The van der Waals surface area contributed by atoms with E-state index in [1.807, 2.05) is 0 Å². The molecule has 0 aromatic carbocycles. The molecular weight excluding hydrogens is 281 g/mol. The Bertz CT molecular complexity index is 349. The highest BCUT2D eigenvalue weighted by Crippen LogP contribution is 2.17. The predicted molar refractivity (Wildman–Crippen MR) is 63.6 cm³/mol. The minimum Gasteiger partial charge on any atom is -0.440 e. The molecule has 15 heavy (non-hydrogen) atoms. The molecule has 0 unspecified atom stereocenters. The molecule has 0 atom stereocenters. The highest BCUT2D eigenvalue weighted by atomic mass is 79.9. The van der Waals surface area contributed by atoms with Crippen molar-refractivity contribution >= 4 is 33.4 Å². The van der Waals surface area contributed by atoms with Gasteiger partial charge in [0.2, 0.25) is 0 Å². The van der Waals surface area contributed by atoms with Crippen LogP contribution in [0.1, 0.15) is 24.4 Å². The molecule has 1 amide bonds. The van der Waals surface area contributed by atoms with Crippen molar-refractivity contribution in [2.75, 3.05) is 11.9 Å². The molecule has 84 valence electrons. The van der Waals surface area contributed by atoms with E-state index < -0.39 is 0 Å². The average molecular weight is 295 g/mol. The number of carbonyl (C=O) groups excluding carboxylic acids is 1. The molecule has 0 aliphatic heterocycles. The normalized spacial score (nSPS) is 11.5. The monoisotopic (exact) mass is 293 g/mol. The first-order valence-electron chi connectivity index (χ1n) is 4.54. The van der Waals surface area contributed by atoms with E-state index in [1.165, 1.54) is 0 Å². The summed E-state index contributed by atoms with van der Waals surface area (Å²) in [5.74, 6) is 0.00120. The minimum atomic E-state index is -0.240. The van der Waals surface area contributed by atoms with Crippen LogP contribution in [-0.4, -0.2) is 17.8 Å². The van der Waals surface area contributed by atoms with E-state index in [1.54, 1.807) is 12.1 Å². The number of hydrogen-bond donors (Lipinski definition) is 1. The molecule has 0 spiro atoms. The number of halogens is 2.